The molecule has 6 nitrogen and oxygen atoms in total. The molecule has 1 fully saturated rings. The third-order valence-electron chi connectivity index (χ3n) is 3.55. The Bertz CT molecular complexity index is 413. The fraction of sp³-hybridized carbons (Fsp3) is 0.750. The van der Waals surface area contributed by atoms with Gasteiger partial charge in [0.1, 0.15) is 6.54 Å². The molecule has 0 aromatic rings. The molecule has 0 aromatic carbocycles. The molecule has 0 spiro atoms. The lowest BCUT2D eigenvalue weighted by molar-refractivity contribution is -0.127. The van der Waals surface area contributed by atoms with Gasteiger partial charge in [-0.25, -0.2) is 4.99 Å². The summed E-state index contributed by atoms with van der Waals surface area (Å²) in [5.74, 6) is 1.32. The number of carbonyl (C=O) groups excluding carboxylic acids is 1. The number of aliphatic imine (C=N–C) groups is 1. The topological polar surface area (TPSA) is 57.2 Å². The minimum Gasteiger partial charge on any atom is -0.381 e. The smallest absolute Gasteiger partial charge is 0.243 e. The quantitative estimate of drug-likeness (QED) is 0.284. The van der Waals surface area contributed by atoms with Crippen LogP contribution in [0.4, 0.5) is 0 Å². The normalized spacial score (nSPS) is 17.7. The number of likely N-dealkylation sites (N-methyl/N-ethyl adjacent to an activating group) is 1. The molecule has 134 valence electrons. The Morgan fingerprint density at radius 3 is 2.74 bits per heavy atom. The highest BCUT2D eigenvalue weighted by Crippen LogP contribution is 2.16. The number of guanidine groups is 1. The number of halogens is 1. The largest absolute Gasteiger partial charge is 0.381 e. The molecule has 0 saturated carbocycles. The van der Waals surface area contributed by atoms with E-state index in [4.69, 9.17) is 4.74 Å². The molecule has 1 unspecified atom stereocenters. The van der Waals surface area contributed by atoms with Crippen LogP contribution >= 0.6 is 24.0 Å². The molecule has 1 amide bonds. The van der Waals surface area contributed by atoms with Crippen LogP contribution in [0.15, 0.2) is 17.1 Å². The number of nitrogens with one attached hydrogen (secondary N) is 1. The zero-order valence-electron chi connectivity index (χ0n) is 14.8. The van der Waals surface area contributed by atoms with Crippen molar-refractivity contribution in [3.63, 3.8) is 0 Å². The van der Waals surface area contributed by atoms with Crippen LogP contribution in [0, 0.1) is 5.92 Å². The first-order valence-corrected chi connectivity index (χ1v) is 7.89. The maximum absolute atomic E-state index is 11.7. The van der Waals surface area contributed by atoms with Crippen LogP contribution < -0.4 is 5.32 Å². The van der Waals surface area contributed by atoms with E-state index in [1.807, 2.05) is 13.8 Å². The van der Waals surface area contributed by atoms with Crippen LogP contribution in [0.25, 0.3) is 0 Å². The van der Waals surface area contributed by atoms with Gasteiger partial charge in [-0.3, -0.25) is 4.79 Å². The van der Waals surface area contributed by atoms with Gasteiger partial charge in [0.05, 0.1) is 6.61 Å². The van der Waals surface area contributed by atoms with Gasteiger partial charge < -0.3 is 19.9 Å². The van der Waals surface area contributed by atoms with Crippen LogP contribution in [0.1, 0.15) is 20.3 Å². The van der Waals surface area contributed by atoms with Gasteiger partial charge in [0, 0.05) is 46.3 Å². The predicted molar refractivity (Wildman–Crippen MR) is 105 cm³/mol. The molecule has 0 aromatic heterocycles. The van der Waals surface area contributed by atoms with Gasteiger partial charge >= 0.3 is 0 Å². The van der Waals surface area contributed by atoms with E-state index in [-0.39, 0.29) is 36.4 Å². The number of hydrogen-bond acceptors (Lipinski definition) is 3. The maximum Gasteiger partial charge on any atom is 0.243 e. The third kappa shape index (κ3) is 8.55. The molecule has 1 N–H and O–H groups in total. The number of carbonyl (C=O) groups is 1. The molecule has 7 heteroatoms. The fourth-order valence-electron chi connectivity index (χ4n) is 2.23. The summed E-state index contributed by atoms with van der Waals surface area (Å²) in [6.07, 6.45) is 1.09. The minimum absolute atomic E-state index is 0. The molecule has 1 rings (SSSR count). The number of rotatable bonds is 7. The van der Waals surface area contributed by atoms with Crippen molar-refractivity contribution in [2.75, 3.05) is 53.5 Å². The number of likely N-dealkylation sites (tertiary alicyclic amines) is 1. The molecule has 1 aliphatic heterocycles. The molecule has 0 bridgehead atoms. The predicted octanol–water partition coefficient (Wildman–Crippen LogP) is 1.57. The molecule has 23 heavy (non-hydrogen) atoms. The van der Waals surface area contributed by atoms with E-state index >= 15 is 0 Å². The van der Waals surface area contributed by atoms with Gasteiger partial charge in [-0.05, 0) is 20.3 Å². The zero-order chi connectivity index (χ0) is 16.5. The number of hydrogen-bond donors (Lipinski definition) is 1. The highest BCUT2D eigenvalue weighted by molar-refractivity contribution is 14.0. The van der Waals surface area contributed by atoms with Crippen LogP contribution in [-0.2, 0) is 9.53 Å². The van der Waals surface area contributed by atoms with Gasteiger partial charge in [0.25, 0.3) is 0 Å². The van der Waals surface area contributed by atoms with Gasteiger partial charge in [0.15, 0.2) is 5.96 Å². The summed E-state index contributed by atoms with van der Waals surface area (Å²) in [5.41, 5.74) is 1.04. The molecule has 0 aliphatic carbocycles. The van der Waals surface area contributed by atoms with Gasteiger partial charge in [0.2, 0.25) is 5.91 Å². The van der Waals surface area contributed by atoms with E-state index in [2.05, 4.69) is 21.8 Å². The first-order chi connectivity index (χ1) is 10.4. The van der Waals surface area contributed by atoms with E-state index in [1.165, 1.54) is 0 Å². The Labute approximate surface area is 157 Å². The van der Waals surface area contributed by atoms with Crippen molar-refractivity contribution in [3.05, 3.63) is 12.2 Å². The zero-order valence-corrected chi connectivity index (χ0v) is 17.1. The molecule has 1 aliphatic rings. The Morgan fingerprint density at radius 1 is 1.48 bits per heavy atom. The summed E-state index contributed by atoms with van der Waals surface area (Å²) in [7, 11) is 3.49. The Morgan fingerprint density at radius 2 is 2.17 bits per heavy atom. The summed E-state index contributed by atoms with van der Waals surface area (Å²) < 4.78 is 5.51. The van der Waals surface area contributed by atoms with Crippen molar-refractivity contribution in [2.24, 2.45) is 10.9 Å². The van der Waals surface area contributed by atoms with Crippen molar-refractivity contribution in [3.8, 4) is 0 Å². The van der Waals surface area contributed by atoms with E-state index in [0.29, 0.717) is 12.5 Å². The summed E-state index contributed by atoms with van der Waals surface area (Å²) in [4.78, 5) is 20.0. The average Bonchev–Trinajstić information content (AvgIpc) is 2.93. The second-order valence-corrected chi connectivity index (χ2v) is 6.00. The van der Waals surface area contributed by atoms with Gasteiger partial charge in [-0.2, -0.15) is 0 Å². The van der Waals surface area contributed by atoms with Crippen LogP contribution in [0.5, 0.6) is 0 Å². The highest BCUT2D eigenvalue weighted by Gasteiger charge is 2.25. The number of ether oxygens (including phenoxy) is 1. The fourth-order valence-corrected chi connectivity index (χ4v) is 2.23. The van der Waals surface area contributed by atoms with E-state index in [0.717, 1.165) is 44.3 Å². The molecule has 1 heterocycles. The molecule has 1 saturated heterocycles. The van der Waals surface area contributed by atoms with Gasteiger partial charge in [-0.15, -0.1) is 24.0 Å². The second-order valence-electron chi connectivity index (χ2n) is 6.00. The monoisotopic (exact) mass is 438 g/mol. The van der Waals surface area contributed by atoms with E-state index in [9.17, 15) is 4.79 Å². The molecule has 0 radical (unpaired) electrons. The van der Waals surface area contributed by atoms with Crippen molar-refractivity contribution in [1.29, 1.82) is 0 Å². The second kappa shape index (κ2) is 11.7. The number of nitrogens with zero attached hydrogens (tertiary/aromatic N) is 3. The third-order valence-corrected chi connectivity index (χ3v) is 3.55. The van der Waals surface area contributed by atoms with Crippen molar-refractivity contribution < 1.29 is 9.53 Å². The molecule has 1 atom stereocenters. The minimum atomic E-state index is -0.000289. The lowest BCUT2D eigenvalue weighted by Crippen LogP contribution is -2.41. The highest BCUT2D eigenvalue weighted by atomic mass is 127. The average molecular weight is 438 g/mol. The van der Waals surface area contributed by atoms with Gasteiger partial charge in [-0.1, -0.05) is 12.2 Å². The van der Waals surface area contributed by atoms with Crippen molar-refractivity contribution >= 4 is 35.8 Å². The lowest BCUT2D eigenvalue weighted by atomic mass is 10.1. The van der Waals surface area contributed by atoms with E-state index < -0.39 is 0 Å². The summed E-state index contributed by atoms with van der Waals surface area (Å²) in [5, 5.41) is 3.30. The summed E-state index contributed by atoms with van der Waals surface area (Å²) in [6, 6.07) is 0. The Kier molecular flexibility index (Phi) is 11.2. The maximum atomic E-state index is 11.7. The molecular formula is C16H31IN4O2. The number of amides is 1. The SMILES string of the molecule is C=C(C)CNC(=NCC(=O)N(C)C)N1CCC(COCC)C1.I. The van der Waals surface area contributed by atoms with E-state index in [1.54, 1.807) is 19.0 Å². The first kappa shape index (κ1) is 22.2. The molecular weight excluding hydrogens is 407 g/mol. The van der Waals surface area contributed by atoms with Crippen molar-refractivity contribution in [2.45, 2.75) is 20.3 Å². The van der Waals surface area contributed by atoms with Crippen LogP contribution in [-0.4, -0.2) is 75.2 Å². The van der Waals surface area contributed by atoms with Crippen LogP contribution in [0.3, 0.4) is 0 Å². The first-order valence-electron chi connectivity index (χ1n) is 7.89. The van der Waals surface area contributed by atoms with Crippen molar-refractivity contribution in [1.82, 2.24) is 15.1 Å². The standard InChI is InChI=1S/C16H30N4O2.HI/c1-6-22-12-14-7-8-20(11-14)16(17-9-13(2)3)18-10-15(21)19(4)5;/h14H,2,6-12H2,1,3-5H3,(H,17,18);1H. The van der Waals surface area contributed by atoms with Crippen LogP contribution in [0.2, 0.25) is 0 Å². The summed E-state index contributed by atoms with van der Waals surface area (Å²) >= 11 is 0. The lowest BCUT2D eigenvalue weighted by Gasteiger charge is -2.22. The Balaban J connectivity index is 0.00000484. The Hall–Kier alpha value is -0.830. The summed E-state index contributed by atoms with van der Waals surface area (Å²) in [6.45, 7) is 12.1.